The lowest BCUT2D eigenvalue weighted by molar-refractivity contribution is -0.127. The van der Waals surface area contributed by atoms with E-state index in [4.69, 9.17) is 4.74 Å². The van der Waals surface area contributed by atoms with Crippen molar-refractivity contribution in [1.82, 2.24) is 28.8 Å². The summed E-state index contributed by atoms with van der Waals surface area (Å²) in [5.41, 5.74) is 2.35. The molecule has 1 N–H and O–H groups in total. The van der Waals surface area contributed by atoms with Gasteiger partial charge in [-0.2, -0.15) is 0 Å². The minimum atomic E-state index is -0.142. The molecule has 10 nitrogen and oxygen atoms in total. The number of rotatable bonds is 6. The second-order valence-electron chi connectivity index (χ2n) is 8.33. The first-order valence-corrected chi connectivity index (χ1v) is 10.7. The van der Waals surface area contributed by atoms with E-state index >= 15 is 0 Å². The van der Waals surface area contributed by atoms with Crippen molar-refractivity contribution in [2.75, 3.05) is 25.5 Å². The lowest BCUT2D eigenvalue weighted by Gasteiger charge is -2.33. The van der Waals surface area contributed by atoms with Crippen LogP contribution in [-0.2, 0) is 11.8 Å². The standard InChI is InChI=1S/C22H29N7O3/c1-6-18(30)27-9-7-8-15(10-27)28-12-16(24-17-11-26(4)25-21(17)32-5)19-20(22(28)31)29(13-23-19)14(2)3/h6,11-15,24H,1,7-10H2,2-5H3. The number of aryl methyl sites for hydroxylation is 1. The Kier molecular flexibility index (Phi) is 5.77. The van der Waals surface area contributed by atoms with Crippen molar-refractivity contribution >= 4 is 28.3 Å². The topological polar surface area (TPSA) is 99.2 Å². The summed E-state index contributed by atoms with van der Waals surface area (Å²) in [6.45, 7) is 8.75. The summed E-state index contributed by atoms with van der Waals surface area (Å²) in [7, 11) is 3.37. The van der Waals surface area contributed by atoms with Gasteiger partial charge in [0.2, 0.25) is 5.91 Å². The van der Waals surface area contributed by atoms with Gasteiger partial charge in [-0.3, -0.25) is 14.3 Å². The highest BCUT2D eigenvalue weighted by atomic mass is 16.5. The van der Waals surface area contributed by atoms with E-state index in [-0.39, 0.29) is 23.6 Å². The average molecular weight is 440 g/mol. The first-order chi connectivity index (χ1) is 15.3. The molecule has 0 aromatic carbocycles. The number of carbonyl (C=O) groups excluding carboxylic acids is 1. The number of pyridine rings is 1. The number of likely N-dealkylation sites (tertiary alicyclic amines) is 1. The van der Waals surface area contributed by atoms with Gasteiger partial charge in [0, 0.05) is 32.4 Å². The van der Waals surface area contributed by atoms with Crippen molar-refractivity contribution in [3.05, 3.63) is 41.7 Å². The summed E-state index contributed by atoms with van der Waals surface area (Å²) < 4.78 is 10.6. The number of fused-ring (bicyclic) bond motifs is 1. The largest absolute Gasteiger partial charge is 0.478 e. The van der Waals surface area contributed by atoms with Gasteiger partial charge >= 0.3 is 0 Å². The molecular formula is C22H29N7O3. The molecule has 1 saturated heterocycles. The quantitative estimate of drug-likeness (QED) is 0.593. The molecule has 1 amide bonds. The maximum absolute atomic E-state index is 13.6. The monoisotopic (exact) mass is 439 g/mol. The molecule has 32 heavy (non-hydrogen) atoms. The molecule has 0 saturated carbocycles. The number of amides is 1. The van der Waals surface area contributed by atoms with Crippen molar-refractivity contribution in [2.24, 2.45) is 7.05 Å². The number of piperidine rings is 1. The summed E-state index contributed by atoms with van der Waals surface area (Å²) in [5.74, 6) is 0.330. The smallest absolute Gasteiger partial charge is 0.277 e. The molecule has 10 heteroatoms. The normalized spacial score (nSPS) is 16.5. The second-order valence-corrected chi connectivity index (χ2v) is 8.33. The van der Waals surface area contributed by atoms with E-state index in [1.54, 1.807) is 33.8 Å². The zero-order chi connectivity index (χ0) is 23.0. The van der Waals surface area contributed by atoms with E-state index in [1.165, 1.54) is 6.08 Å². The number of methoxy groups -OCH3 is 1. The lowest BCUT2D eigenvalue weighted by Crippen LogP contribution is -2.42. The Hall–Kier alpha value is -3.56. The van der Waals surface area contributed by atoms with Gasteiger partial charge in [0.05, 0.1) is 31.4 Å². The van der Waals surface area contributed by atoms with Crippen molar-refractivity contribution in [2.45, 2.75) is 38.8 Å². The van der Waals surface area contributed by atoms with Crippen LogP contribution in [0, 0.1) is 0 Å². The van der Waals surface area contributed by atoms with Gasteiger partial charge in [-0.05, 0) is 32.8 Å². The van der Waals surface area contributed by atoms with Gasteiger partial charge in [0.15, 0.2) is 0 Å². The van der Waals surface area contributed by atoms with Crippen LogP contribution in [0.1, 0.15) is 38.8 Å². The molecule has 1 unspecified atom stereocenters. The molecule has 1 aliphatic heterocycles. The zero-order valence-corrected chi connectivity index (χ0v) is 18.9. The molecule has 0 radical (unpaired) electrons. The number of aromatic nitrogens is 5. The number of hydrogen-bond acceptors (Lipinski definition) is 6. The van der Waals surface area contributed by atoms with Gasteiger partial charge in [-0.1, -0.05) is 6.58 Å². The van der Waals surface area contributed by atoms with Crippen LogP contribution in [-0.4, -0.2) is 54.9 Å². The van der Waals surface area contributed by atoms with Crippen LogP contribution in [0.4, 0.5) is 11.4 Å². The zero-order valence-electron chi connectivity index (χ0n) is 18.9. The fourth-order valence-corrected chi connectivity index (χ4v) is 4.27. The van der Waals surface area contributed by atoms with Crippen LogP contribution in [0.3, 0.4) is 0 Å². The summed E-state index contributed by atoms with van der Waals surface area (Å²) in [5, 5.41) is 7.64. The van der Waals surface area contributed by atoms with Gasteiger partial charge in [-0.15, -0.1) is 5.10 Å². The maximum atomic E-state index is 13.6. The van der Waals surface area contributed by atoms with E-state index in [1.807, 2.05) is 31.7 Å². The highest BCUT2D eigenvalue weighted by Crippen LogP contribution is 2.31. The number of nitrogens with zero attached hydrogens (tertiary/aromatic N) is 6. The Morgan fingerprint density at radius 2 is 2.12 bits per heavy atom. The van der Waals surface area contributed by atoms with Crippen molar-refractivity contribution in [3.8, 4) is 5.88 Å². The molecular weight excluding hydrogens is 410 g/mol. The van der Waals surface area contributed by atoms with Crippen LogP contribution in [0.2, 0.25) is 0 Å². The fraction of sp³-hybridized carbons (Fsp3) is 0.455. The molecule has 0 aliphatic carbocycles. The highest BCUT2D eigenvalue weighted by molar-refractivity contribution is 5.90. The number of carbonyl (C=O) groups is 1. The van der Waals surface area contributed by atoms with E-state index in [2.05, 4.69) is 22.0 Å². The van der Waals surface area contributed by atoms with E-state index in [0.29, 0.717) is 41.4 Å². The Bertz CT molecular complexity index is 1220. The lowest BCUT2D eigenvalue weighted by atomic mass is 10.0. The summed E-state index contributed by atoms with van der Waals surface area (Å²) in [4.78, 5) is 32.1. The van der Waals surface area contributed by atoms with Gasteiger partial charge in [0.25, 0.3) is 11.4 Å². The van der Waals surface area contributed by atoms with E-state index in [0.717, 1.165) is 12.8 Å². The molecule has 3 aromatic rings. The van der Waals surface area contributed by atoms with Crippen molar-refractivity contribution in [1.29, 1.82) is 0 Å². The fourth-order valence-electron chi connectivity index (χ4n) is 4.27. The SMILES string of the molecule is C=CC(=O)N1CCCC(n2cc(Nc3cn(C)nc3OC)c3ncn(C(C)C)c3c2=O)C1. The molecule has 1 aliphatic rings. The number of ether oxygens (including phenoxy) is 1. The first-order valence-electron chi connectivity index (χ1n) is 10.7. The third-order valence-corrected chi connectivity index (χ3v) is 5.84. The third-order valence-electron chi connectivity index (χ3n) is 5.84. The van der Waals surface area contributed by atoms with E-state index in [9.17, 15) is 9.59 Å². The predicted octanol–water partition coefficient (Wildman–Crippen LogP) is 2.61. The Balaban J connectivity index is 1.85. The predicted molar refractivity (Wildman–Crippen MR) is 122 cm³/mol. The summed E-state index contributed by atoms with van der Waals surface area (Å²) >= 11 is 0. The number of hydrogen-bond donors (Lipinski definition) is 1. The van der Waals surface area contributed by atoms with E-state index < -0.39 is 0 Å². The van der Waals surface area contributed by atoms with Crippen LogP contribution < -0.4 is 15.6 Å². The van der Waals surface area contributed by atoms with Gasteiger partial charge in [0.1, 0.15) is 16.7 Å². The van der Waals surface area contributed by atoms with Crippen LogP contribution in [0.25, 0.3) is 11.0 Å². The van der Waals surface area contributed by atoms with Crippen LogP contribution in [0.15, 0.2) is 36.2 Å². The third kappa shape index (κ3) is 3.76. The Labute approximate surface area is 186 Å². The second kappa shape index (κ2) is 8.52. The van der Waals surface area contributed by atoms with Crippen LogP contribution >= 0.6 is 0 Å². The average Bonchev–Trinajstić information content (AvgIpc) is 3.39. The molecule has 1 fully saturated rings. The molecule has 1 atom stereocenters. The summed E-state index contributed by atoms with van der Waals surface area (Å²) in [6, 6.07) is -0.0778. The Morgan fingerprint density at radius 1 is 1.34 bits per heavy atom. The maximum Gasteiger partial charge on any atom is 0.277 e. The van der Waals surface area contributed by atoms with Crippen molar-refractivity contribution in [3.63, 3.8) is 0 Å². The van der Waals surface area contributed by atoms with Crippen molar-refractivity contribution < 1.29 is 9.53 Å². The number of anilines is 2. The molecule has 4 heterocycles. The van der Waals surface area contributed by atoms with Gasteiger partial charge < -0.3 is 24.1 Å². The minimum Gasteiger partial charge on any atom is -0.478 e. The van der Waals surface area contributed by atoms with Crippen LogP contribution in [0.5, 0.6) is 5.88 Å². The molecule has 0 spiro atoms. The molecule has 170 valence electrons. The molecule has 4 rings (SSSR count). The van der Waals surface area contributed by atoms with Gasteiger partial charge in [-0.25, -0.2) is 4.98 Å². The highest BCUT2D eigenvalue weighted by Gasteiger charge is 2.27. The summed E-state index contributed by atoms with van der Waals surface area (Å²) in [6.07, 6.45) is 8.24. The minimum absolute atomic E-state index is 0.0644. The number of nitrogens with one attached hydrogen (secondary N) is 1. The first kappa shape index (κ1) is 21.7. The number of imidazole rings is 1. The Morgan fingerprint density at radius 3 is 2.81 bits per heavy atom. The molecule has 3 aromatic heterocycles. The molecule has 0 bridgehead atoms.